The monoisotopic (exact) mass is 288 g/mol. The van der Waals surface area contributed by atoms with Crippen molar-refractivity contribution in [3.05, 3.63) is 25.1 Å². The normalized spacial score (nSPS) is 9.62. The third-order valence-electron chi connectivity index (χ3n) is 1.19. The maximum atomic E-state index is 9.20. The van der Waals surface area contributed by atoms with E-state index >= 15 is 0 Å². The summed E-state index contributed by atoms with van der Waals surface area (Å²) in [5.74, 6) is -0.363. The number of hydrogen-bond donors (Lipinski definition) is 1. The third kappa shape index (κ3) is 2.73. The van der Waals surface area contributed by atoms with Gasteiger partial charge in [-0.2, -0.15) is 0 Å². The van der Waals surface area contributed by atoms with Gasteiger partial charge in [-0.3, -0.25) is 0 Å². The molecule has 0 aliphatic carbocycles. The molecule has 0 spiro atoms. The summed E-state index contributed by atoms with van der Waals surface area (Å²) in [5.41, 5.74) is 0. The fraction of sp³-hybridized carbons (Fsp3) is 0. The Bertz CT molecular complexity index is 240. The molecule has 1 aromatic carbocycles. The summed E-state index contributed by atoms with van der Waals surface area (Å²) in [6, 6.07) is 0. The summed E-state index contributed by atoms with van der Waals surface area (Å²) in [5, 5.41) is 9.01. The van der Waals surface area contributed by atoms with Crippen molar-refractivity contribution in [2.45, 2.75) is 0 Å². The summed E-state index contributed by atoms with van der Waals surface area (Å²) in [4.78, 5) is 0. The molecular weight excluding hydrogens is 288 g/mol. The van der Waals surface area contributed by atoms with Crippen LogP contribution >= 0.6 is 58.0 Å². The first-order valence-electron chi connectivity index (χ1n) is 2.67. The largest absolute Gasteiger partial charge is 1.00 e. The van der Waals surface area contributed by atoms with Gasteiger partial charge < -0.3 is 6.53 Å². The zero-order valence-electron chi connectivity index (χ0n) is 7.34. The Morgan fingerprint density at radius 1 is 0.692 bits per heavy atom. The van der Waals surface area contributed by atoms with Crippen LogP contribution in [0, 0.1) is 0 Å². The molecule has 0 heterocycles. The molecule has 0 aliphatic rings. The van der Waals surface area contributed by atoms with Crippen molar-refractivity contribution in [3.63, 3.8) is 0 Å². The van der Waals surface area contributed by atoms with E-state index in [4.69, 9.17) is 58.0 Å². The van der Waals surface area contributed by atoms with Crippen LogP contribution in [-0.4, -0.2) is 5.11 Å². The zero-order valence-corrected chi connectivity index (χ0v) is 12.1. The van der Waals surface area contributed by atoms with Crippen LogP contribution in [0.3, 0.4) is 0 Å². The van der Waals surface area contributed by atoms with E-state index in [1.165, 1.54) is 0 Å². The van der Waals surface area contributed by atoms with Gasteiger partial charge in [0.05, 0.1) is 15.1 Å². The Morgan fingerprint density at radius 3 is 1.23 bits per heavy atom. The molecule has 0 bridgehead atoms. The molecule has 0 fully saturated rings. The van der Waals surface area contributed by atoms with E-state index in [-0.39, 0.29) is 61.8 Å². The van der Waals surface area contributed by atoms with Crippen molar-refractivity contribution in [2.75, 3.05) is 0 Å². The fourth-order valence-corrected chi connectivity index (χ4v) is 1.72. The molecular formula is C6H2Cl5NaO. The van der Waals surface area contributed by atoms with Crippen molar-refractivity contribution >= 4 is 58.0 Å². The second kappa shape index (κ2) is 5.53. The molecule has 0 unspecified atom stereocenters. The first-order valence-corrected chi connectivity index (χ1v) is 4.56. The molecule has 0 aromatic heterocycles. The van der Waals surface area contributed by atoms with E-state index in [2.05, 4.69) is 0 Å². The van der Waals surface area contributed by atoms with Gasteiger partial charge in [0, 0.05) is 0 Å². The van der Waals surface area contributed by atoms with E-state index in [1.54, 1.807) is 0 Å². The summed E-state index contributed by atoms with van der Waals surface area (Å²) in [6.07, 6.45) is 0. The minimum absolute atomic E-state index is 0. The van der Waals surface area contributed by atoms with Crippen molar-refractivity contribution in [1.82, 2.24) is 0 Å². The molecule has 1 N–H and O–H groups in total. The topological polar surface area (TPSA) is 20.2 Å². The Labute approximate surface area is 124 Å². The van der Waals surface area contributed by atoms with Crippen LogP contribution in [0.5, 0.6) is 5.75 Å². The van der Waals surface area contributed by atoms with Gasteiger partial charge in [-0.25, -0.2) is 0 Å². The van der Waals surface area contributed by atoms with Crippen LogP contribution in [-0.2, 0) is 0 Å². The quantitative estimate of drug-likeness (QED) is 0.439. The van der Waals surface area contributed by atoms with Gasteiger partial charge in [-0.1, -0.05) is 58.0 Å². The van der Waals surface area contributed by atoms with E-state index < -0.39 is 0 Å². The average molecular weight is 290 g/mol. The van der Waals surface area contributed by atoms with Crippen molar-refractivity contribution in [1.29, 1.82) is 0 Å². The molecule has 0 atom stereocenters. The minimum Gasteiger partial charge on any atom is -1.00 e. The van der Waals surface area contributed by atoms with Gasteiger partial charge in [0.25, 0.3) is 0 Å². The number of hydrogen-bond acceptors (Lipinski definition) is 1. The zero-order chi connectivity index (χ0) is 9.46. The Hall–Kier alpha value is 1.47. The minimum atomic E-state index is -0.363. The SMILES string of the molecule is Oc1c(Cl)c(Cl)c(Cl)c(Cl)c1Cl.[H-].[Na+]. The molecule has 1 aromatic rings. The molecule has 0 amide bonds. The summed E-state index contributed by atoms with van der Waals surface area (Å²) >= 11 is 27.9. The first kappa shape index (κ1) is 14.5. The maximum Gasteiger partial charge on any atom is 1.00 e. The number of phenols is 1. The van der Waals surface area contributed by atoms with Gasteiger partial charge in [-0.15, -0.1) is 0 Å². The summed E-state index contributed by atoms with van der Waals surface area (Å²) < 4.78 is 0. The van der Waals surface area contributed by atoms with Crippen LogP contribution in [0.2, 0.25) is 25.1 Å². The van der Waals surface area contributed by atoms with Crippen LogP contribution in [0.4, 0.5) is 0 Å². The second-order valence-corrected chi connectivity index (χ2v) is 3.81. The summed E-state index contributed by atoms with van der Waals surface area (Å²) in [6.45, 7) is 0. The van der Waals surface area contributed by atoms with Gasteiger partial charge in [0.1, 0.15) is 10.0 Å². The van der Waals surface area contributed by atoms with E-state index in [0.29, 0.717) is 0 Å². The molecule has 0 saturated heterocycles. The van der Waals surface area contributed by atoms with Crippen molar-refractivity contribution < 1.29 is 36.1 Å². The number of halogens is 5. The summed E-state index contributed by atoms with van der Waals surface area (Å²) in [7, 11) is 0. The van der Waals surface area contributed by atoms with E-state index in [9.17, 15) is 5.11 Å². The van der Waals surface area contributed by atoms with Gasteiger partial charge in [0.15, 0.2) is 5.75 Å². The number of phenolic OH excluding ortho intramolecular Hbond substituents is 1. The average Bonchev–Trinajstić information content (AvgIpc) is 2.08. The molecule has 1 rings (SSSR count). The smallest absolute Gasteiger partial charge is 1.00 e. The Kier molecular flexibility index (Phi) is 6.15. The predicted octanol–water partition coefficient (Wildman–Crippen LogP) is 1.78. The number of aromatic hydroxyl groups is 1. The molecule has 7 heteroatoms. The number of rotatable bonds is 0. The van der Waals surface area contributed by atoms with Crippen LogP contribution < -0.4 is 29.6 Å². The predicted molar refractivity (Wildman–Crippen MR) is 54.3 cm³/mol. The fourth-order valence-electron chi connectivity index (χ4n) is 0.593. The maximum absolute atomic E-state index is 9.20. The van der Waals surface area contributed by atoms with Gasteiger partial charge in [0.2, 0.25) is 0 Å². The molecule has 68 valence electrons. The first-order chi connectivity index (χ1) is 5.46. The number of benzene rings is 1. The Morgan fingerprint density at radius 2 is 0.923 bits per heavy atom. The van der Waals surface area contributed by atoms with Gasteiger partial charge >= 0.3 is 29.6 Å². The van der Waals surface area contributed by atoms with Crippen LogP contribution in [0.25, 0.3) is 0 Å². The molecule has 0 radical (unpaired) electrons. The molecule has 1 nitrogen and oxygen atoms in total. The van der Waals surface area contributed by atoms with Crippen molar-refractivity contribution in [3.8, 4) is 5.75 Å². The van der Waals surface area contributed by atoms with Gasteiger partial charge in [-0.05, 0) is 0 Å². The van der Waals surface area contributed by atoms with Crippen LogP contribution in [0.1, 0.15) is 1.43 Å². The molecule has 0 aliphatic heterocycles. The van der Waals surface area contributed by atoms with E-state index in [0.717, 1.165) is 0 Å². The van der Waals surface area contributed by atoms with E-state index in [1.807, 2.05) is 0 Å². The standard InChI is InChI=1S/C6HCl5O.Na.H/c7-1-2(8)4(10)6(12)5(11)3(1)9;;/h12H;;/q;+1;-1. The Balaban J connectivity index is 0. The van der Waals surface area contributed by atoms with Crippen LogP contribution in [0.15, 0.2) is 0 Å². The van der Waals surface area contributed by atoms with Crippen molar-refractivity contribution in [2.24, 2.45) is 0 Å². The molecule has 13 heavy (non-hydrogen) atoms. The second-order valence-electron chi connectivity index (χ2n) is 1.92. The third-order valence-corrected chi connectivity index (χ3v) is 3.44. The molecule has 0 saturated carbocycles.